The van der Waals surface area contributed by atoms with E-state index in [1.165, 1.54) is 0 Å². The molecule has 148 valence electrons. The van der Waals surface area contributed by atoms with E-state index in [0.717, 1.165) is 90.6 Å². The third-order valence-corrected chi connectivity index (χ3v) is 6.93. The molecule has 0 aliphatic carbocycles. The molecule has 2 amide bonds. The van der Waals surface area contributed by atoms with Gasteiger partial charge in [-0.05, 0) is 51.4 Å². The molecule has 2 unspecified atom stereocenters. The molecule has 4 heterocycles. The number of carbonyl (C=O) groups excluding carboxylic acids is 1. The maximum absolute atomic E-state index is 13.4. The molecule has 0 bridgehead atoms. The Labute approximate surface area is 157 Å². The van der Waals surface area contributed by atoms with Gasteiger partial charge in [-0.2, -0.15) is 0 Å². The fourth-order valence-corrected chi connectivity index (χ4v) is 5.30. The molecule has 4 N–H and O–H groups in total. The first-order valence-corrected chi connectivity index (χ1v) is 10.7. The molecule has 7 nitrogen and oxygen atoms in total. The molecule has 4 rings (SSSR count). The Bertz CT molecular complexity index is 444. The van der Waals surface area contributed by atoms with Crippen molar-refractivity contribution in [3.05, 3.63) is 0 Å². The van der Waals surface area contributed by atoms with Crippen molar-refractivity contribution in [2.24, 2.45) is 11.5 Å². The highest BCUT2D eigenvalue weighted by Gasteiger charge is 2.41. The zero-order chi connectivity index (χ0) is 18.1. The Balaban J connectivity index is 1.40. The molecule has 0 saturated carbocycles. The van der Waals surface area contributed by atoms with E-state index in [-0.39, 0.29) is 18.4 Å². The van der Waals surface area contributed by atoms with Crippen LogP contribution in [0.5, 0.6) is 0 Å². The van der Waals surface area contributed by atoms with Crippen LogP contribution < -0.4 is 11.5 Å². The summed E-state index contributed by atoms with van der Waals surface area (Å²) in [6.45, 7) is 5.93. The molecule has 4 fully saturated rings. The molecule has 0 radical (unpaired) electrons. The summed E-state index contributed by atoms with van der Waals surface area (Å²) in [7, 11) is 0. The van der Waals surface area contributed by atoms with Crippen molar-refractivity contribution in [2.75, 3.05) is 39.3 Å². The second kappa shape index (κ2) is 8.00. The average molecular weight is 365 g/mol. The third-order valence-electron chi connectivity index (χ3n) is 6.93. The van der Waals surface area contributed by atoms with Crippen LogP contribution in [-0.2, 0) is 0 Å². The van der Waals surface area contributed by atoms with Gasteiger partial charge in [0.2, 0.25) is 0 Å². The van der Waals surface area contributed by atoms with Gasteiger partial charge < -0.3 is 21.3 Å². The van der Waals surface area contributed by atoms with E-state index in [1.54, 1.807) is 0 Å². The second-order valence-electron chi connectivity index (χ2n) is 8.66. The van der Waals surface area contributed by atoms with Crippen LogP contribution in [0.15, 0.2) is 0 Å². The molecule has 7 heteroatoms. The van der Waals surface area contributed by atoms with Gasteiger partial charge in [0.1, 0.15) is 0 Å². The molecule has 0 aromatic rings. The summed E-state index contributed by atoms with van der Waals surface area (Å²) in [4.78, 5) is 22.7. The van der Waals surface area contributed by atoms with Crippen LogP contribution in [-0.4, -0.2) is 89.3 Å². The van der Waals surface area contributed by atoms with E-state index in [1.807, 2.05) is 0 Å². The van der Waals surface area contributed by atoms with Gasteiger partial charge in [0.25, 0.3) is 0 Å². The van der Waals surface area contributed by atoms with E-state index in [4.69, 9.17) is 11.5 Å². The van der Waals surface area contributed by atoms with Crippen molar-refractivity contribution in [1.29, 1.82) is 0 Å². The van der Waals surface area contributed by atoms with Gasteiger partial charge >= 0.3 is 6.03 Å². The largest absolute Gasteiger partial charge is 0.328 e. The molecule has 4 aliphatic heterocycles. The zero-order valence-corrected chi connectivity index (χ0v) is 16.1. The first kappa shape index (κ1) is 18.5. The van der Waals surface area contributed by atoms with Crippen molar-refractivity contribution in [1.82, 2.24) is 19.6 Å². The number of nitrogens with zero attached hydrogens (tertiary/aromatic N) is 4. The minimum atomic E-state index is 0.264. The lowest BCUT2D eigenvalue weighted by Gasteiger charge is -2.43. The first-order chi connectivity index (χ1) is 12.6. The third kappa shape index (κ3) is 3.72. The lowest BCUT2D eigenvalue weighted by molar-refractivity contribution is 0.0302. The number of urea groups is 1. The van der Waals surface area contributed by atoms with E-state index < -0.39 is 0 Å². The molecule has 26 heavy (non-hydrogen) atoms. The number of hydrogen-bond acceptors (Lipinski definition) is 5. The smallest absolute Gasteiger partial charge is 0.322 e. The van der Waals surface area contributed by atoms with Crippen LogP contribution in [0.3, 0.4) is 0 Å². The monoisotopic (exact) mass is 364 g/mol. The number of amides is 2. The second-order valence-corrected chi connectivity index (χ2v) is 8.66. The van der Waals surface area contributed by atoms with E-state index in [9.17, 15) is 4.79 Å². The highest BCUT2D eigenvalue weighted by atomic mass is 16.2. The minimum Gasteiger partial charge on any atom is -0.328 e. The first-order valence-electron chi connectivity index (χ1n) is 10.7. The summed E-state index contributed by atoms with van der Waals surface area (Å²) in [5, 5.41) is 0. The predicted octanol–water partition coefficient (Wildman–Crippen LogP) is 0.796. The Morgan fingerprint density at radius 2 is 1.00 bits per heavy atom. The van der Waals surface area contributed by atoms with Gasteiger partial charge in [-0.15, -0.1) is 0 Å². The Hall–Kier alpha value is -0.890. The number of hydrogen-bond donors (Lipinski definition) is 2. The molecule has 0 aromatic carbocycles. The van der Waals surface area contributed by atoms with Gasteiger partial charge in [-0.25, -0.2) is 4.79 Å². The maximum atomic E-state index is 13.4. The van der Waals surface area contributed by atoms with Crippen molar-refractivity contribution >= 4 is 6.03 Å². The summed E-state index contributed by atoms with van der Waals surface area (Å²) in [6, 6.07) is 0.940. The quantitative estimate of drug-likeness (QED) is 0.757. The molecule has 0 spiro atoms. The summed E-state index contributed by atoms with van der Waals surface area (Å²) in [6.07, 6.45) is 9.25. The molecular formula is C19H36N6O. The predicted molar refractivity (Wildman–Crippen MR) is 102 cm³/mol. The molecular weight excluding hydrogens is 328 g/mol. The Kier molecular flexibility index (Phi) is 5.69. The molecule has 0 aromatic heterocycles. The van der Waals surface area contributed by atoms with Crippen molar-refractivity contribution < 1.29 is 4.79 Å². The SMILES string of the molecule is NC1CCN(C2CCCN2C(=O)N2CCCC2N2CCC(N)CC2)CC1. The van der Waals surface area contributed by atoms with Crippen molar-refractivity contribution in [3.63, 3.8) is 0 Å². The van der Waals surface area contributed by atoms with Gasteiger partial charge in [0, 0.05) is 51.4 Å². The standard InChI is InChI=1S/C19H36N6O/c20-15-5-11-22(12-6-15)17-3-1-9-24(17)19(26)25-10-2-4-18(25)23-13-7-16(21)8-14-23/h15-18H,1-14,20-21H2. The van der Waals surface area contributed by atoms with Crippen LogP contribution in [0.2, 0.25) is 0 Å². The van der Waals surface area contributed by atoms with Gasteiger partial charge in [-0.3, -0.25) is 9.80 Å². The van der Waals surface area contributed by atoms with Crippen LogP contribution in [0, 0.1) is 0 Å². The lowest BCUT2D eigenvalue weighted by Crippen LogP contribution is -2.58. The van der Waals surface area contributed by atoms with Crippen LogP contribution in [0.25, 0.3) is 0 Å². The minimum absolute atomic E-state index is 0.264. The van der Waals surface area contributed by atoms with E-state index >= 15 is 0 Å². The highest BCUT2D eigenvalue weighted by molar-refractivity contribution is 5.75. The summed E-state index contributed by atoms with van der Waals surface area (Å²) >= 11 is 0. The topological polar surface area (TPSA) is 82.1 Å². The van der Waals surface area contributed by atoms with E-state index in [2.05, 4.69) is 19.6 Å². The Morgan fingerprint density at radius 1 is 0.615 bits per heavy atom. The zero-order valence-electron chi connectivity index (χ0n) is 16.1. The molecule has 4 saturated heterocycles. The fraction of sp³-hybridized carbons (Fsp3) is 0.947. The lowest BCUT2D eigenvalue weighted by atomic mass is 10.1. The highest BCUT2D eigenvalue weighted by Crippen LogP contribution is 2.29. The normalized spacial score (nSPS) is 33.3. The number of piperidine rings is 2. The fourth-order valence-electron chi connectivity index (χ4n) is 5.30. The number of rotatable bonds is 2. The molecule has 4 aliphatic rings. The Morgan fingerprint density at radius 3 is 1.38 bits per heavy atom. The van der Waals surface area contributed by atoms with Crippen LogP contribution in [0.1, 0.15) is 51.4 Å². The number of carbonyl (C=O) groups is 1. The van der Waals surface area contributed by atoms with Crippen molar-refractivity contribution in [2.45, 2.75) is 75.8 Å². The number of likely N-dealkylation sites (tertiary alicyclic amines) is 4. The summed E-state index contributed by atoms with van der Waals surface area (Å²) in [5.41, 5.74) is 12.1. The summed E-state index contributed by atoms with van der Waals surface area (Å²) < 4.78 is 0. The summed E-state index contributed by atoms with van der Waals surface area (Å²) in [5.74, 6) is 0. The van der Waals surface area contributed by atoms with Crippen molar-refractivity contribution in [3.8, 4) is 0 Å². The average Bonchev–Trinajstić information content (AvgIpc) is 3.32. The maximum Gasteiger partial charge on any atom is 0.322 e. The van der Waals surface area contributed by atoms with Crippen LogP contribution >= 0.6 is 0 Å². The number of nitrogens with two attached hydrogens (primary N) is 2. The van der Waals surface area contributed by atoms with E-state index in [0.29, 0.717) is 12.1 Å². The van der Waals surface area contributed by atoms with Gasteiger partial charge in [0.15, 0.2) is 0 Å². The molecule has 2 atom stereocenters. The van der Waals surface area contributed by atoms with Crippen LogP contribution in [0.4, 0.5) is 4.79 Å². The van der Waals surface area contributed by atoms with Gasteiger partial charge in [0.05, 0.1) is 12.3 Å². The van der Waals surface area contributed by atoms with Gasteiger partial charge in [-0.1, -0.05) is 0 Å².